The average molecular weight is 286 g/mol. The quantitative estimate of drug-likeness (QED) is 0.819. The second-order valence-corrected chi connectivity index (χ2v) is 5.93. The molecule has 1 unspecified atom stereocenters. The van der Waals surface area contributed by atoms with Crippen LogP contribution in [0.1, 0.15) is 37.8 Å². The van der Waals surface area contributed by atoms with Gasteiger partial charge in [0.25, 0.3) is 0 Å². The first kappa shape index (κ1) is 14.8. The minimum absolute atomic E-state index is 0.179. The topological polar surface area (TPSA) is 21.3 Å². The van der Waals surface area contributed by atoms with E-state index in [9.17, 15) is 4.39 Å². The first-order chi connectivity index (χ1) is 9.06. The van der Waals surface area contributed by atoms with Crippen LogP contribution in [0, 0.1) is 11.2 Å². The van der Waals surface area contributed by atoms with Gasteiger partial charge >= 0.3 is 0 Å². The predicted molar refractivity (Wildman–Crippen MR) is 76.0 cm³/mol. The lowest BCUT2D eigenvalue weighted by molar-refractivity contribution is 0.170. The lowest BCUT2D eigenvalue weighted by Gasteiger charge is -2.20. The van der Waals surface area contributed by atoms with Gasteiger partial charge in [0.2, 0.25) is 0 Å². The van der Waals surface area contributed by atoms with E-state index in [1.807, 2.05) is 0 Å². The number of hydrogen-bond acceptors (Lipinski definition) is 2. The normalized spacial score (nSPS) is 18.3. The van der Waals surface area contributed by atoms with Crippen LogP contribution in [0.3, 0.4) is 0 Å². The molecular weight excluding hydrogens is 265 g/mol. The van der Waals surface area contributed by atoms with Crippen molar-refractivity contribution in [1.82, 2.24) is 5.32 Å². The summed E-state index contributed by atoms with van der Waals surface area (Å²) in [5, 5.41) is 3.71. The van der Waals surface area contributed by atoms with Crippen molar-refractivity contribution in [2.45, 2.75) is 32.2 Å². The van der Waals surface area contributed by atoms with E-state index in [1.54, 1.807) is 19.2 Å². The summed E-state index contributed by atoms with van der Waals surface area (Å²) in [5.41, 5.74) is 1.43. The summed E-state index contributed by atoms with van der Waals surface area (Å²) in [6.07, 6.45) is 3.63. The number of methoxy groups -OCH3 is 1. The molecule has 19 heavy (non-hydrogen) atoms. The van der Waals surface area contributed by atoms with Crippen molar-refractivity contribution < 1.29 is 9.13 Å². The zero-order valence-corrected chi connectivity index (χ0v) is 12.3. The fraction of sp³-hybridized carbons (Fsp3) is 0.600. The Labute approximate surface area is 119 Å². The summed E-state index contributed by atoms with van der Waals surface area (Å²) in [4.78, 5) is 0. The Hall–Kier alpha value is -0.640. The molecule has 1 saturated carbocycles. The van der Waals surface area contributed by atoms with Crippen molar-refractivity contribution in [3.05, 3.63) is 34.6 Å². The Balaban J connectivity index is 1.87. The molecule has 1 aliphatic rings. The highest BCUT2D eigenvalue weighted by Crippen LogP contribution is 2.48. The van der Waals surface area contributed by atoms with Crippen LogP contribution in [0.15, 0.2) is 18.2 Å². The maximum Gasteiger partial charge on any atom is 0.141 e. The van der Waals surface area contributed by atoms with Gasteiger partial charge in [-0.2, -0.15) is 0 Å². The highest BCUT2D eigenvalue weighted by atomic mass is 35.5. The van der Waals surface area contributed by atoms with Gasteiger partial charge in [-0.3, -0.25) is 0 Å². The summed E-state index contributed by atoms with van der Waals surface area (Å²) in [6, 6.07) is 5.09. The molecule has 1 atom stereocenters. The van der Waals surface area contributed by atoms with Crippen LogP contribution in [0.25, 0.3) is 0 Å². The monoisotopic (exact) mass is 285 g/mol. The molecule has 106 valence electrons. The summed E-state index contributed by atoms with van der Waals surface area (Å²) in [5.74, 6) is -0.364. The van der Waals surface area contributed by atoms with Crippen LogP contribution in [0.4, 0.5) is 4.39 Å². The summed E-state index contributed by atoms with van der Waals surface area (Å²) >= 11 is 5.81. The van der Waals surface area contributed by atoms with Crippen molar-refractivity contribution in [1.29, 1.82) is 0 Å². The smallest absolute Gasteiger partial charge is 0.141 e. The van der Waals surface area contributed by atoms with E-state index in [4.69, 9.17) is 16.3 Å². The number of nitrogens with one attached hydrogen (secondary N) is 1. The SMILES string of the molecule is COCCC1(CNC(C)c2ccc(F)c(Cl)c2)CC1. The molecule has 0 bridgehead atoms. The lowest BCUT2D eigenvalue weighted by atomic mass is 10.0. The molecule has 2 rings (SSSR count). The number of hydrogen-bond donors (Lipinski definition) is 1. The second kappa shape index (κ2) is 6.21. The largest absolute Gasteiger partial charge is 0.385 e. The molecule has 0 aliphatic heterocycles. The van der Waals surface area contributed by atoms with E-state index in [2.05, 4.69) is 12.2 Å². The summed E-state index contributed by atoms with van der Waals surface area (Å²) in [6.45, 7) is 3.88. The summed E-state index contributed by atoms with van der Waals surface area (Å²) in [7, 11) is 1.74. The van der Waals surface area contributed by atoms with E-state index < -0.39 is 0 Å². The number of rotatable bonds is 7. The Bertz CT molecular complexity index is 434. The highest BCUT2D eigenvalue weighted by Gasteiger charge is 2.41. The van der Waals surface area contributed by atoms with Gasteiger partial charge < -0.3 is 10.1 Å². The molecular formula is C15H21ClFNO. The van der Waals surface area contributed by atoms with Crippen LogP contribution < -0.4 is 5.32 Å². The molecule has 1 aliphatic carbocycles. The third-order valence-electron chi connectivity index (χ3n) is 4.02. The van der Waals surface area contributed by atoms with E-state index in [0.717, 1.165) is 25.1 Å². The van der Waals surface area contributed by atoms with Crippen molar-refractivity contribution in [3.63, 3.8) is 0 Å². The molecule has 0 spiro atoms. The third-order valence-corrected chi connectivity index (χ3v) is 4.31. The van der Waals surface area contributed by atoms with Gasteiger partial charge in [0.1, 0.15) is 5.82 Å². The number of ether oxygens (including phenoxy) is 1. The van der Waals surface area contributed by atoms with Gasteiger partial charge in [-0.05, 0) is 49.3 Å². The second-order valence-electron chi connectivity index (χ2n) is 5.52. The van der Waals surface area contributed by atoms with E-state index >= 15 is 0 Å². The fourth-order valence-electron chi connectivity index (χ4n) is 2.28. The third kappa shape index (κ3) is 3.91. The van der Waals surface area contributed by atoms with Gasteiger partial charge in [0.05, 0.1) is 5.02 Å². The molecule has 0 amide bonds. The van der Waals surface area contributed by atoms with Crippen LogP contribution in [-0.4, -0.2) is 20.3 Å². The van der Waals surface area contributed by atoms with Gasteiger partial charge in [0.15, 0.2) is 0 Å². The number of benzene rings is 1. The standard InChI is InChI=1S/C15H21ClFNO/c1-11(12-3-4-14(17)13(16)9-12)18-10-15(5-6-15)7-8-19-2/h3-4,9,11,18H,5-8,10H2,1-2H3. The van der Waals surface area contributed by atoms with Crippen molar-refractivity contribution in [3.8, 4) is 0 Å². The predicted octanol–water partition coefficient (Wildman–Crippen LogP) is 3.95. The zero-order valence-electron chi connectivity index (χ0n) is 11.5. The lowest BCUT2D eigenvalue weighted by Crippen LogP contribution is -2.27. The molecule has 0 aromatic heterocycles. The van der Waals surface area contributed by atoms with Gasteiger partial charge in [-0.25, -0.2) is 4.39 Å². The molecule has 1 aromatic rings. The highest BCUT2D eigenvalue weighted by molar-refractivity contribution is 6.30. The van der Waals surface area contributed by atoms with E-state index in [-0.39, 0.29) is 16.9 Å². The average Bonchev–Trinajstić information content (AvgIpc) is 3.17. The summed E-state index contributed by atoms with van der Waals surface area (Å²) < 4.78 is 18.3. The van der Waals surface area contributed by atoms with Gasteiger partial charge in [0, 0.05) is 26.3 Å². The Morgan fingerprint density at radius 1 is 1.47 bits per heavy atom. The maximum absolute atomic E-state index is 13.1. The number of halogens is 2. The Morgan fingerprint density at radius 3 is 2.79 bits per heavy atom. The molecule has 0 heterocycles. The Kier molecular flexibility index (Phi) is 4.82. The molecule has 0 saturated heterocycles. The maximum atomic E-state index is 13.1. The van der Waals surface area contributed by atoms with Crippen molar-refractivity contribution in [2.75, 3.05) is 20.3 Å². The van der Waals surface area contributed by atoms with Crippen LogP contribution in [0.2, 0.25) is 5.02 Å². The zero-order chi connectivity index (χ0) is 13.9. The minimum Gasteiger partial charge on any atom is -0.385 e. The minimum atomic E-state index is -0.364. The van der Waals surface area contributed by atoms with Crippen LogP contribution in [0.5, 0.6) is 0 Å². The first-order valence-electron chi connectivity index (χ1n) is 6.74. The molecule has 1 fully saturated rings. The van der Waals surface area contributed by atoms with Crippen molar-refractivity contribution >= 4 is 11.6 Å². The van der Waals surface area contributed by atoms with Crippen LogP contribution in [-0.2, 0) is 4.74 Å². The molecule has 0 radical (unpaired) electrons. The molecule has 4 heteroatoms. The fourth-order valence-corrected chi connectivity index (χ4v) is 2.47. The molecule has 1 aromatic carbocycles. The van der Waals surface area contributed by atoms with E-state index in [1.165, 1.54) is 18.9 Å². The van der Waals surface area contributed by atoms with Crippen molar-refractivity contribution in [2.24, 2.45) is 5.41 Å². The van der Waals surface area contributed by atoms with Gasteiger partial charge in [-0.15, -0.1) is 0 Å². The van der Waals surface area contributed by atoms with E-state index in [0.29, 0.717) is 5.41 Å². The van der Waals surface area contributed by atoms with Gasteiger partial charge in [-0.1, -0.05) is 17.7 Å². The molecule has 2 nitrogen and oxygen atoms in total. The van der Waals surface area contributed by atoms with Crippen LogP contribution >= 0.6 is 11.6 Å². The molecule has 1 N–H and O–H groups in total. The first-order valence-corrected chi connectivity index (χ1v) is 7.11. The Morgan fingerprint density at radius 2 is 2.21 bits per heavy atom.